The molecule has 0 saturated heterocycles. The highest BCUT2D eigenvalue weighted by molar-refractivity contribution is 7.88. The summed E-state index contributed by atoms with van der Waals surface area (Å²) in [5.74, 6) is 1.23. The summed E-state index contributed by atoms with van der Waals surface area (Å²) in [5, 5.41) is 5.53. The van der Waals surface area contributed by atoms with Crippen molar-refractivity contribution in [2.45, 2.75) is 18.8 Å². The van der Waals surface area contributed by atoms with Gasteiger partial charge in [-0.3, -0.25) is 0 Å². The summed E-state index contributed by atoms with van der Waals surface area (Å²) in [6.07, 6.45) is 0. The minimum absolute atomic E-state index is 0.139. The number of hydrogen-bond donors (Lipinski definition) is 3. The van der Waals surface area contributed by atoms with E-state index in [1.807, 2.05) is 18.2 Å². The Morgan fingerprint density at radius 1 is 0.964 bits per heavy atom. The van der Waals surface area contributed by atoms with Crippen molar-refractivity contribution in [3.8, 4) is 11.5 Å². The van der Waals surface area contributed by atoms with E-state index in [0.29, 0.717) is 36.8 Å². The van der Waals surface area contributed by atoms with Gasteiger partial charge in [-0.05, 0) is 35.9 Å². The van der Waals surface area contributed by atoms with Gasteiger partial charge in [-0.1, -0.05) is 30.3 Å². The normalized spacial score (nSPS) is 13.0. The van der Waals surface area contributed by atoms with E-state index in [1.165, 1.54) is 7.05 Å². The molecule has 1 aliphatic rings. The molecule has 28 heavy (non-hydrogen) atoms. The van der Waals surface area contributed by atoms with E-state index in [2.05, 4.69) is 15.4 Å². The topological polar surface area (TPSA) is 106 Å². The van der Waals surface area contributed by atoms with E-state index in [-0.39, 0.29) is 18.3 Å². The lowest BCUT2D eigenvalue weighted by Crippen LogP contribution is -2.35. The summed E-state index contributed by atoms with van der Waals surface area (Å²) < 4.78 is 36.9. The van der Waals surface area contributed by atoms with Crippen LogP contribution < -0.4 is 24.8 Å². The summed E-state index contributed by atoms with van der Waals surface area (Å²) in [6, 6.07) is 12.3. The Morgan fingerprint density at radius 3 is 2.39 bits per heavy atom. The molecule has 1 aliphatic heterocycles. The van der Waals surface area contributed by atoms with Crippen molar-refractivity contribution in [2.75, 3.05) is 20.3 Å². The molecule has 0 aliphatic carbocycles. The van der Waals surface area contributed by atoms with Gasteiger partial charge in [-0.25, -0.2) is 17.9 Å². The molecule has 0 saturated carbocycles. The SMILES string of the molecule is CNS(=O)(=O)Cc1ccccc1CNC(=O)NCc1ccc2c(c1)OCCO2. The highest BCUT2D eigenvalue weighted by Crippen LogP contribution is 2.30. The monoisotopic (exact) mass is 405 g/mol. The average Bonchev–Trinajstić information content (AvgIpc) is 2.71. The van der Waals surface area contributed by atoms with Crippen LogP contribution in [0.3, 0.4) is 0 Å². The van der Waals surface area contributed by atoms with Gasteiger partial charge >= 0.3 is 6.03 Å². The quantitative estimate of drug-likeness (QED) is 0.648. The number of carbonyl (C=O) groups is 1. The van der Waals surface area contributed by atoms with Crippen molar-refractivity contribution in [1.29, 1.82) is 0 Å². The van der Waals surface area contributed by atoms with E-state index < -0.39 is 10.0 Å². The first-order valence-electron chi connectivity index (χ1n) is 8.85. The number of urea groups is 1. The van der Waals surface area contributed by atoms with Crippen LogP contribution in [-0.4, -0.2) is 34.7 Å². The Morgan fingerprint density at radius 2 is 1.64 bits per heavy atom. The summed E-state index contributed by atoms with van der Waals surface area (Å²) >= 11 is 0. The lowest BCUT2D eigenvalue weighted by Gasteiger charge is -2.19. The van der Waals surface area contributed by atoms with Gasteiger partial charge in [0.05, 0.1) is 5.75 Å². The molecule has 150 valence electrons. The molecule has 0 spiro atoms. The molecular weight excluding hydrogens is 382 g/mol. The van der Waals surface area contributed by atoms with E-state index in [0.717, 1.165) is 11.1 Å². The molecular formula is C19H23N3O5S. The van der Waals surface area contributed by atoms with Crippen LogP contribution in [0.15, 0.2) is 42.5 Å². The van der Waals surface area contributed by atoms with Crippen LogP contribution in [0.4, 0.5) is 4.79 Å². The van der Waals surface area contributed by atoms with E-state index >= 15 is 0 Å². The summed E-state index contributed by atoms with van der Waals surface area (Å²) in [7, 11) is -2.01. The first-order valence-corrected chi connectivity index (χ1v) is 10.5. The molecule has 0 unspecified atom stereocenters. The molecule has 0 atom stereocenters. The lowest BCUT2D eigenvalue weighted by atomic mass is 10.1. The van der Waals surface area contributed by atoms with Crippen molar-refractivity contribution in [3.05, 3.63) is 59.2 Å². The Labute approximate surface area is 164 Å². The summed E-state index contributed by atoms with van der Waals surface area (Å²) in [4.78, 5) is 12.1. The van der Waals surface area contributed by atoms with Crippen LogP contribution in [0.1, 0.15) is 16.7 Å². The molecule has 0 bridgehead atoms. The largest absolute Gasteiger partial charge is 0.486 e. The van der Waals surface area contributed by atoms with Crippen molar-refractivity contribution < 1.29 is 22.7 Å². The first kappa shape index (κ1) is 20.0. The molecule has 8 nitrogen and oxygen atoms in total. The second-order valence-electron chi connectivity index (χ2n) is 6.25. The number of hydrogen-bond acceptors (Lipinski definition) is 5. The number of nitrogens with one attached hydrogen (secondary N) is 3. The van der Waals surface area contributed by atoms with Gasteiger partial charge in [0.1, 0.15) is 13.2 Å². The van der Waals surface area contributed by atoms with Crippen LogP contribution in [0.5, 0.6) is 11.5 Å². The number of ether oxygens (including phenoxy) is 2. The number of benzene rings is 2. The fourth-order valence-electron chi connectivity index (χ4n) is 2.77. The highest BCUT2D eigenvalue weighted by atomic mass is 32.2. The van der Waals surface area contributed by atoms with Crippen molar-refractivity contribution in [2.24, 2.45) is 0 Å². The van der Waals surface area contributed by atoms with E-state index in [4.69, 9.17) is 9.47 Å². The zero-order valence-corrected chi connectivity index (χ0v) is 16.3. The first-order chi connectivity index (χ1) is 13.5. The summed E-state index contributed by atoms with van der Waals surface area (Å²) in [6.45, 7) is 1.60. The molecule has 2 aromatic carbocycles. The van der Waals surface area contributed by atoms with Gasteiger partial charge in [0.25, 0.3) is 0 Å². The Bertz CT molecular complexity index is 946. The van der Waals surface area contributed by atoms with Crippen LogP contribution in [0, 0.1) is 0 Å². The lowest BCUT2D eigenvalue weighted by molar-refractivity contribution is 0.171. The van der Waals surface area contributed by atoms with Crippen LogP contribution in [-0.2, 0) is 28.9 Å². The number of rotatable bonds is 7. The third kappa shape index (κ3) is 5.37. The number of amides is 2. The van der Waals surface area contributed by atoms with Gasteiger partial charge in [-0.15, -0.1) is 0 Å². The Balaban J connectivity index is 1.54. The third-order valence-electron chi connectivity index (χ3n) is 4.27. The van der Waals surface area contributed by atoms with Crippen LogP contribution in [0.25, 0.3) is 0 Å². The second-order valence-corrected chi connectivity index (χ2v) is 8.17. The maximum Gasteiger partial charge on any atom is 0.315 e. The molecule has 2 amide bonds. The molecule has 0 radical (unpaired) electrons. The smallest absolute Gasteiger partial charge is 0.315 e. The second kappa shape index (κ2) is 8.94. The maximum atomic E-state index is 12.1. The van der Waals surface area contributed by atoms with E-state index in [9.17, 15) is 13.2 Å². The molecule has 3 N–H and O–H groups in total. The van der Waals surface area contributed by atoms with Gasteiger partial charge in [0.2, 0.25) is 10.0 Å². The average molecular weight is 405 g/mol. The fraction of sp³-hybridized carbons (Fsp3) is 0.316. The van der Waals surface area contributed by atoms with Crippen LogP contribution in [0.2, 0.25) is 0 Å². The van der Waals surface area contributed by atoms with Gasteiger partial charge in [0.15, 0.2) is 11.5 Å². The van der Waals surface area contributed by atoms with Crippen molar-refractivity contribution in [3.63, 3.8) is 0 Å². The fourth-order valence-corrected chi connectivity index (χ4v) is 3.60. The molecule has 0 fully saturated rings. The van der Waals surface area contributed by atoms with Gasteiger partial charge in [-0.2, -0.15) is 0 Å². The van der Waals surface area contributed by atoms with Crippen molar-refractivity contribution >= 4 is 16.1 Å². The predicted octanol–water partition coefficient (Wildman–Crippen LogP) is 1.51. The van der Waals surface area contributed by atoms with E-state index in [1.54, 1.807) is 24.3 Å². The third-order valence-corrected chi connectivity index (χ3v) is 5.59. The Kier molecular flexibility index (Phi) is 6.37. The van der Waals surface area contributed by atoms with Gasteiger partial charge in [0, 0.05) is 13.1 Å². The minimum atomic E-state index is -3.39. The molecule has 2 aromatic rings. The molecule has 0 aromatic heterocycles. The number of carbonyl (C=O) groups excluding carboxylic acids is 1. The minimum Gasteiger partial charge on any atom is -0.486 e. The van der Waals surface area contributed by atoms with Crippen molar-refractivity contribution in [1.82, 2.24) is 15.4 Å². The zero-order valence-electron chi connectivity index (χ0n) is 15.5. The molecule has 3 rings (SSSR count). The maximum absolute atomic E-state index is 12.1. The van der Waals surface area contributed by atoms with Crippen LogP contribution >= 0.6 is 0 Å². The number of fused-ring (bicyclic) bond motifs is 1. The highest BCUT2D eigenvalue weighted by Gasteiger charge is 2.14. The number of sulfonamides is 1. The summed E-state index contributed by atoms with van der Waals surface area (Å²) in [5.41, 5.74) is 2.28. The molecule has 9 heteroatoms. The predicted molar refractivity (Wildman–Crippen MR) is 105 cm³/mol. The zero-order chi connectivity index (χ0) is 20.0. The standard InChI is InChI=1S/C19H23N3O5S/c1-20-28(24,25)13-16-5-3-2-4-15(16)12-22-19(23)21-11-14-6-7-17-18(10-14)27-9-8-26-17/h2-7,10,20H,8-9,11-13H2,1H3,(H2,21,22,23). The van der Waals surface area contributed by atoms with Gasteiger partial charge < -0.3 is 20.1 Å². The molecule has 1 heterocycles. The Hall–Kier alpha value is -2.78.